The van der Waals surface area contributed by atoms with Crippen LogP contribution in [0, 0.1) is 0 Å². The van der Waals surface area contributed by atoms with E-state index in [-0.39, 0.29) is 5.41 Å². The van der Waals surface area contributed by atoms with Crippen LogP contribution in [0.25, 0.3) is 76.9 Å². The molecule has 0 saturated heterocycles. The van der Waals surface area contributed by atoms with E-state index in [1.807, 2.05) is 0 Å². The summed E-state index contributed by atoms with van der Waals surface area (Å²) in [6.07, 6.45) is 0. The van der Waals surface area contributed by atoms with Crippen LogP contribution in [-0.2, 0) is 5.41 Å². The lowest BCUT2D eigenvalue weighted by atomic mass is 9.82. The van der Waals surface area contributed by atoms with Gasteiger partial charge in [-0.15, -0.1) is 0 Å². The van der Waals surface area contributed by atoms with Gasteiger partial charge in [0.2, 0.25) is 0 Å². The summed E-state index contributed by atoms with van der Waals surface area (Å²) in [5.41, 5.74) is 12.7. The van der Waals surface area contributed by atoms with Crippen molar-refractivity contribution in [3.05, 3.63) is 157 Å². The molecule has 0 fully saturated rings. The zero-order chi connectivity index (χ0) is 29.9. The highest BCUT2D eigenvalue weighted by molar-refractivity contribution is 6.31. The quantitative estimate of drug-likeness (QED) is 0.194. The van der Waals surface area contributed by atoms with Crippen LogP contribution in [0.2, 0.25) is 0 Å². The normalized spacial score (nSPS) is 13.7. The molecule has 0 N–H and O–H groups in total. The minimum absolute atomic E-state index is 0.0739. The molecule has 2 heterocycles. The van der Waals surface area contributed by atoms with E-state index in [0.717, 1.165) is 0 Å². The maximum absolute atomic E-state index is 2.57. The van der Waals surface area contributed by atoms with Gasteiger partial charge in [0.25, 0.3) is 0 Å². The lowest BCUT2D eigenvalue weighted by Crippen LogP contribution is -2.15. The number of nitrogens with zero attached hydrogens (tertiary/aromatic N) is 2. The SMILES string of the molecule is CC1(C)c2ccccc2-c2c(-n3c4ccccc4c4ccc5c(c6c7ccccc7ccc6n5-c5ccccc5)c43)cccc21. The first-order chi connectivity index (χ1) is 22.1. The standard InChI is InChI=1S/C43H30N2/c1-43(2)33-19-10-8-18-32(33)39-34(43)20-12-22-36(39)45-35-21-11-9-17-30(35)31-24-26-38-41(42(31)45)40-29-16-7-6-13-27(29)23-25-37(40)44(38)28-14-4-3-5-15-28/h3-26H,1-2H3. The second-order valence-corrected chi connectivity index (χ2v) is 12.9. The van der Waals surface area contributed by atoms with Crippen molar-refractivity contribution in [2.24, 2.45) is 0 Å². The molecule has 0 spiro atoms. The molecule has 0 atom stereocenters. The van der Waals surface area contributed by atoms with Crippen LogP contribution in [0.5, 0.6) is 0 Å². The molecular formula is C43H30N2. The summed E-state index contributed by atoms with van der Waals surface area (Å²) in [6, 6.07) is 53.7. The van der Waals surface area contributed by atoms with Gasteiger partial charge in [-0.3, -0.25) is 0 Å². The van der Waals surface area contributed by atoms with E-state index in [1.165, 1.54) is 88.0 Å². The van der Waals surface area contributed by atoms with E-state index in [1.54, 1.807) is 0 Å². The maximum Gasteiger partial charge on any atom is 0.0641 e. The first-order valence-electron chi connectivity index (χ1n) is 15.8. The molecule has 0 amide bonds. The third-order valence-corrected chi connectivity index (χ3v) is 10.3. The van der Waals surface area contributed by atoms with Gasteiger partial charge in [-0.2, -0.15) is 0 Å². The summed E-state index contributed by atoms with van der Waals surface area (Å²) in [4.78, 5) is 0. The van der Waals surface area contributed by atoms with E-state index in [2.05, 4.69) is 169 Å². The first kappa shape index (κ1) is 24.8. The molecule has 0 saturated carbocycles. The fourth-order valence-electron chi connectivity index (χ4n) is 8.35. The van der Waals surface area contributed by atoms with Gasteiger partial charge >= 0.3 is 0 Å². The molecule has 0 bridgehead atoms. The number of fused-ring (bicyclic) bond motifs is 12. The van der Waals surface area contributed by atoms with Crippen LogP contribution in [0.4, 0.5) is 0 Å². The lowest BCUT2D eigenvalue weighted by molar-refractivity contribution is 0.660. The van der Waals surface area contributed by atoms with Gasteiger partial charge < -0.3 is 9.13 Å². The Hall–Kier alpha value is -5.60. The smallest absolute Gasteiger partial charge is 0.0641 e. The van der Waals surface area contributed by atoms with Crippen LogP contribution in [0.1, 0.15) is 25.0 Å². The van der Waals surface area contributed by atoms with Crippen molar-refractivity contribution >= 4 is 54.4 Å². The number of para-hydroxylation sites is 2. The molecule has 10 rings (SSSR count). The van der Waals surface area contributed by atoms with E-state index in [4.69, 9.17) is 0 Å². The van der Waals surface area contributed by atoms with Crippen LogP contribution >= 0.6 is 0 Å². The zero-order valence-corrected chi connectivity index (χ0v) is 25.3. The molecule has 45 heavy (non-hydrogen) atoms. The third-order valence-electron chi connectivity index (χ3n) is 10.3. The van der Waals surface area contributed by atoms with Gasteiger partial charge in [-0.1, -0.05) is 123 Å². The van der Waals surface area contributed by atoms with Gasteiger partial charge in [0, 0.05) is 38.2 Å². The number of aromatic nitrogens is 2. The summed E-state index contributed by atoms with van der Waals surface area (Å²) in [7, 11) is 0. The molecule has 2 nitrogen and oxygen atoms in total. The highest BCUT2D eigenvalue weighted by Gasteiger charge is 2.37. The van der Waals surface area contributed by atoms with E-state index < -0.39 is 0 Å². The second kappa shape index (κ2) is 8.74. The molecule has 0 radical (unpaired) electrons. The highest BCUT2D eigenvalue weighted by Crippen LogP contribution is 2.52. The third kappa shape index (κ3) is 3.13. The van der Waals surface area contributed by atoms with Gasteiger partial charge in [0.15, 0.2) is 0 Å². The summed E-state index contributed by atoms with van der Waals surface area (Å²) in [6.45, 7) is 4.73. The fraction of sp³-hybridized carbons (Fsp3) is 0.0698. The van der Waals surface area contributed by atoms with E-state index in [9.17, 15) is 0 Å². The van der Waals surface area contributed by atoms with Gasteiger partial charge in [0.05, 0.1) is 27.8 Å². The largest absolute Gasteiger partial charge is 0.309 e. The molecule has 2 aromatic heterocycles. The minimum atomic E-state index is -0.0739. The Morgan fingerprint density at radius 3 is 2.02 bits per heavy atom. The number of rotatable bonds is 2. The van der Waals surface area contributed by atoms with Crippen LogP contribution < -0.4 is 0 Å². The predicted octanol–water partition coefficient (Wildman–Crippen LogP) is 11.3. The summed E-state index contributed by atoms with van der Waals surface area (Å²) in [5.74, 6) is 0. The van der Waals surface area contributed by atoms with Crippen molar-refractivity contribution in [1.29, 1.82) is 0 Å². The Morgan fingerprint density at radius 2 is 1.13 bits per heavy atom. The molecule has 0 unspecified atom stereocenters. The summed E-state index contributed by atoms with van der Waals surface area (Å²) in [5, 5.41) is 7.69. The van der Waals surface area contributed by atoms with Crippen molar-refractivity contribution in [2.75, 3.05) is 0 Å². The molecule has 7 aromatic carbocycles. The van der Waals surface area contributed by atoms with Crippen molar-refractivity contribution in [3.63, 3.8) is 0 Å². The van der Waals surface area contributed by atoms with Crippen molar-refractivity contribution in [2.45, 2.75) is 19.3 Å². The van der Waals surface area contributed by atoms with E-state index >= 15 is 0 Å². The topological polar surface area (TPSA) is 9.86 Å². The number of hydrogen-bond acceptors (Lipinski definition) is 0. The Morgan fingerprint density at radius 1 is 0.444 bits per heavy atom. The van der Waals surface area contributed by atoms with Gasteiger partial charge in [-0.05, 0) is 63.9 Å². The number of benzene rings is 7. The van der Waals surface area contributed by atoms with Crippen LogP contribution in [0.15, 0.2) is 146 Å². The highest BCUT2D eigenvalue weighted by atomic mass is 15.0. The molecule has 0 aliphatic heterocycles. The lowest BCUT2D eigenvalue weighted by Gasteiger charge is -2.22. The van der Waals surface area contributed by atoms with Crippen molar-refractivity contribution < 1.29 is 0 Å². The molecule has 1 aliphatic carbocycles. The van der Waals surface area contributed by atoms with Gasteiger partial charge in [-0.25, -0.2) is 0 Å². The molecular weight excluding hydrogens is 544 g/mol. The minimum Gasteiger partial charge on any atom is -0.309 e. The van der Waals surface area contributed by atoms with Crippen molar-refractivity contribution in [3.8, 4) is 22.5 Å². The van der Waals surface area contributed by atoms with Crippen molar-refractivity contribution in [1.82, 2.24) is 9.13 Å². The average Bonchev–Trinajstić information content (AvgIpc) is 3.69. The fourth-order valence-corrected chi connectivity index (χ4v) is 8.35. The average molecular weight is 575 g/mol. The van der Waals surface area contributed by atoms with Crippen LogP contribution in [-0.4, -0.2) is 9.13 Å². The Kier molecular flexibility index (Phi) is 4.82. The molecule has 2 heteroatoms. The maximum atomic E-state index is 2.57. The van der Waals surface area contributed by atoms with E-state index in [0.29, 0.717) is 0 Å². The Labute approximate surface area is 261 Å². The monoisotopic (exact) mass is 574 g/mol. The molecule has 9 aromatic rings. The Bertz CT molecular complexity index is 2670. The summed E-state index contributed by atoms with van der Waals surface area (Å²) < 4.78 is 5.02. The zero-order valence-electron chi connectivity index (χ0n) is 25.3. The second-order valence-electron chi connectivity index (χ2n) is 12.9. The number of hydrogen-bond donors (Lipinski definition) is 0. The van der Waals surface area contributed by atoms with Crippen LogP contribution in [0.3, 0.4) is 0 Å². The molecule has 1 aliphatic rings. The van der Waals surface area contributed by atoms with Gasteiger partial charge in [0.1, 0.15) is 0 Å². The molecule has 212 valence electrons. The Balaban J connectivity index is 1.48. The summed E-state index contributed by atoms with van der Waals surface area (Å²) >= 11 is 0. The first-order valence-corrected chi connectivity index (χ1v) is 15.8. The predicted molar refractivity (Wildman–Crippen MR) is 190 cm³/mol.